The molecule has 0 bridgehead atoms. The fraction of sp³-hybridized carbons (Fsp3) is 0.348. The summed E-state index contributed by atoms with van der Waals surface area (Å²) in [5, 5.41) is 54.1. The molecular formula is C23H25BrN2O6. The van der Waals surface area contributed by atoms with E-state index in [1.54, 1.807) is 22.9 Å². The number of halogens is 1. The van der Waals surface area contributed by atoms with Crippen LogP contribution in [-0.2, 0) is 4.74 Å². The molecule has 0 amide bonds. The number of hydrogen-bond donors (Lipinski definition) is 6. The number of fused-ring (bicyclic) bond motifs is 4. The molecule has 0 aliphatic carbocycles. The first-order valence-corrected chi connectivity index (χ1v) is 10.2. The SMILES string of the molecule is Cc1c2cc[n+]([C@@H]3O[C@H](CO)[C@H](O)[C@H](O)[C@H]3O)cc2c(C)c2c1[nH]c1ccc(O)cc12.[Br-]. The second-order valence-corrected chi connectivity index (χ2v) is 8.29. The lowest BCUT2D eigenvalue weighted by Gasteiger charge is -2.36. The number of benzene rings is 2. The number of aliphatic hydroxyl groups is 4. The zero-order valence-corrected chi connectivity index (χ0v) is 19.1. The second-order valence-electron chi connectivity index (χ2n) is 8.29. The van der Waals surface area contributed by atoms with Gasteiger partial charge in [-0.05, 0) is 48.6 Å². The highest BCUT2D eigenvalue weighted by Crippen LogP contribution is 2.37. The van der Waals surface area contributed by atoms with Crippen LogP contribution in [0.3, 0.4) is 0 Å². The minimum absolute atomic E-state index is 0. The van der Waals surface area contributed by atoms with E-state index in [1.165, 1.54) is 0 Å². The Morgan fingerprint density at radius 1 is 0.969 bits per heavy atom. The fourth-order valence-electron chi connectivity index (χ4n) is 4.74. The standard InChI is InChI=1S/C23H24N2O6.BrH/c1-10-15-8-25(23-22(30)21(29)20(28)17(9-26)31-23)6-5-13(15)11(2)19-18(10)14-7-12(27)3-4-16(14)24-19;/h3-8,17,20-23,26-30H,9H2,1-2H3;1H/t17-,20+,21+,22-,23-;/m1./s1. The van der Waals surface area contributed by atoms with Gasteiger partial charge in [0.2, 0.25) is 0 Å². The van der Waals surface area contributed by atoms with Gasteiger partial charge in [0.25, 0.3) is 6.23 Å². The van der Waals surface area contributed by atoms with Crippen molar-refractivity contribution in [1.82, 2.24) is 4.98 Å². The van der Waals surface area contributed by atoms with E-state index in [9.17, 15) is 25.5 Å². The molecule has 1 fully saturated rings. The maximum Gasteiger partial charge on any atom is 0.292 e. The van der Waals surface area contributed by atoms with Gasteiger partial charge in [-0.1, -0.05) is 0 Å². The van der Waals surface area contributed by atoms with Gasteiger partial charge in [0, 0.05) is 27.7 Å². The summed E-state index contributed by atoms with van der Waals surface area (Å²) >= 11 is 0. The summed E-state index contributed by atoms with van der Waals surface area (Å²) < 4.78 is 7.36. The number of aliphatic hydroxyl groups excluding tert-OH is 4. The lowest BCUT2D eigenvalue weighted by molar-refractivity contribution is -0.777. The average molecular weight is 505 g/mol. The number of phenols is 1. The van der Waals surface area contributed by atoms with Crippen LogP contribution < -0.4 is 21.5 Å². The highest BCUT2D eigenvalue weighted by atomic mass is 79.9. The summed E-state index contributed by atoms with van der Waals surface area (Å²) in [5.74, 6) is 0.190. The number of aromatic nitrogens is 2. The van der Waals surface area contributed by atoms with E-state index in [-0.39, 0.29) is 22.7 Å². The van der Waals surface area contributed by atoms with Gasteiger partial charge in [0.1, 0.15) is 24.1 Å². The van der Waals surface area contributed by atoms with Crippen LogP contribution in [0.25, 0.3) is 32.6 Å². The summed E-state index contributed by atoms with van der Waals surface area (Å²) in [6.07, 6.45) is -2.57. The number of nitrogens with one attached hydrogen (secondary N) is 1. The minimum atomic E-state index is -1.44. The summed E-state index contributed by atoms with van der Waals surface area (Å²) in [4.78, 5) is 3.44. The van der Waals surface area contributed by atoms with Gasteiger partial charge in [-0.3, -0.25) is 0 Å². The zero-order valence-electron chi connectivity index (χ0n) is 17.5. The van der Waals surface area contributed by atoms with Crippen molar-refractivity contribution in [3.8, 4) is 5.75 Å². The molecule has 1 aliphatic rings. The molecule has 1 aliphatic heterocycles. The third-order valence-corrected chi connectivity index (χ3v) is 6.48. The number of aromatic hydroxyl groups is 1. The average Bonchev–Trinajstić information content (AvgIpc) is 3.15. The summed E-state index contributed by atoms with van der Waals surface area (Å²) in [6, 6.07) is 7.15. The molecule has 5 atom stereocenters. The van der Waals surface area contributed by atoms with Crippen molar-refractivity contribution in [2.45, 2.75) is 44.5 Å². The molecule has 9 heteroatoms. The van der Waals surface area contributed by atoms with Gasteiger partial charge in [0.15, 0.2) is 18.5 Å². The van der Waals surface area contributed by atoms with E-state index < -0.39 is 37.3 Å². The molecule has 5 rings (SSSR count). The quantitative estimate of drug-likeness (QED) is 0.176. The molecule has 8 nitrogen and oxygen atoms in total. The highest BCUT2D eigenvalue weighted by molar-refractivity contribution is 6.16. The Hall–Kier alpha value is -2.27. The first kappa shape index (κ1) is 22.9. The fourth-order valence-corrected chi connectivity index (χ4v) is 4.74. The van der Waals surface area contributed by atoms with E-state index >= 15 is 0 Å². The van der Waals surface area contributed by atoms with Crippen LogP contribution in [0.2, 0.25) is 0 Å². The summed E-state index contributed by atoms with van der Waals surface area (Å²) in [6.45, 7) is 3.55. The molecule has 2 aromatic carbocycles. The topological polar surface area (TPSA) is 130 Å². The maximum absolute atomic E-state index is 10.5. The Morgan fingerprint density at radius 2 is 1.72 bits per heavy atom. The number of nitrogens with zero attached hydrogens (tertiary/aromatic N) is 1. The van der Waals surface area contributed by atoms with E-state index in [0.717, 1.165) is 43.7 Å². The number of H-pyrrole nitrogens is 1. The van der Waals surface area contributed by atoms with Crippen LogP contribution in [-0.4, -0.2) is 61.5 Å². The van der Waals surface area contributed by atoms with Gasteiger partial charge in [-0.15, -0.1) is 0 Å². The van der Waals surface area contributed by atoms with Crippen LogP contribution in [0, 0.1) is 13.8 Å². The number of rotatable bonds is 2. The third kappa shape index (κ3) is 3.28. The monoisotopic (exact) mass is 504 g/mol. The molecular weight excluding hydrogens is 480 g/mol. The van der Waals surface area contributed by atoms with Crippen molar-refractivity contribution >= 4 is 32.6 Å². The van der Waals surface area contributed by atoms with Gasteiger partial charge in [-0.25, -0.2) is 0 Å². The number of hydrogen-bond acceptors (Lipinski definition) is 6. The molecule has 3 heterocycles. The molecule has 0 spiro atoms. The van der Waals surface area contributed by atoms with Crippen molar-refractivity contribution in [3.63, 3.8) is 0 Å². The van der Waals surface area contributed by atoms with Gasteiger partial charge < -0.3 is 52.2 Å². The Labute approximate surface area is 194 Å². The Bertz CT molecular complexity index is 1320. The smallest absolute Gasteiger partial charge is 0.292 e. The largest absolute Gasteiger partial charge is 1.00 e. The Balaban J connectivity index is 0.00000245. The van der Waals surface area contributed by atoms with E-state index in [2.05, 4.69) is 4.98 Å². The summed E-state index contributed by atoms with van der Waals surface area (Å²) in [7, 11) is 0. The first-order chi connectivity index (χ1) is 14.8. The number of aromatic amines is 1. The molecule has 6 N–H and O–H groups in total. The van der Waals surface area contributed by atoms with Crippen molar-refractivity contribution in [2.75, 3.05) is 6.61 Å². The van der Waals surface area contributed by atoms with Crippen LogP contribution in [0.1, 0.15) is 17.4 Å². The number of phenolic OH excluding ortho intramolecular Hbond substituents is 1. The predicted molar refractivity (Wildman–Crippen MR) is 114 cm³/mol. The number of aryl methyl sites for hydroxylation is 2. The number of pyridine rings is 1. The van der Waals surface area contributed by atoms with Crippen LogP contribution in [0.5, 0.6) is 5.75 Å². The van der Waals surface area contributed by atoms with Crippen LogP contribution in [0.4, 0.5) is 0 Å². The minimum Gasteiger partial charge on any atom is -1.00 e. The Kier molecular flexibility index (Phi) is 5.91. The van der Waals surface area contributed by atoms with Crippen LogP contribution in [0.15, 0.2) is 36.7 Å². The van der Waals surface area contributed by atoms with Crippen LogP contribution >= 0.6 is 0 Å². The molecule has 1 saturated heterocycles. The zero-order chi connectivity index (χ0) is 22.0. The molecule has 32 heavy (non-hydrogen) atoms. The summed E-state index contributed by atoms with van der Waals surface area (Å²) in [5.41, 5.74) is 3.96. The number of ether oxygens (including phenoxy) is 1. The van der Waals surface area contributed by atoms with Gasteiger partial charge in [-0.2, -0.15) is 4.57 Å². The van der Waals surface area contributed by atoms with Gasteiger partial charge in [0.05, 0.1) is 12.1 Å². The lowest BCUT2D eigenvalue weighted by atomic mass is 9.96. The Morgan fingerprint density at radius 3 is 2.44 bits per heavy atom. The third-order valence-electron chi connectivity index (χ3n) is 6.48. The van der Waals surface area contributed by atoms with E-state index in [0.29, 0.717) is 0 Å². The van der Waals surface area contributed by atoms with Crippen molar-refractivity contribution in [1.29, 1.82) is 0 Å². The molecule has 0 radical (unpaired) electrons. The second kappa shape index (κ2) is 8.26. The molecule has 0 unspecified atom stereocenters. The molecule has 2 aromatic heterocycles. The molecule has 4 aromatic rings. The van der Waals surface area contributed by atoms with E-state index in [4.69, 9.17) is 4.74 Å². The lowest BCUT2D eigenvalue weighted by Crippen LogP contribution is -3.00. The van der Waals surface area contributed by atoms with E-state index in [1.807, 2.05) is 32.2 Å². The predicted octanol–water partition coefficient (Wildman–Crippen LogP) is -1.94. The van der Waals surface area contributed by atoms with Crippen molar-refractivity contribution in [3.05, 3.63) is 47.8 Å². The molecule has 170 valence electrons. The molecule has 0 saturated carbocycles. The van der Waals surface area contributed by atoms with Crippen molar-refractivity contribution < 1.29 is 51.8 Å². The van der Waals surface area contributed by atoms with Crippen molar-refractivity contribution in [2.24, 2.45) is 0 Å². The van der Waals surface area contributed by atoms with Gasteiger partial charge >= 0.3 is 0 Å². The maximum atomic E-state index is 10.5. The normalized spacial score (nSPS) is 26.0. The first-order valence-electron chi connectivity index (χ1n) is 10.2. The highest BCUT2D eigenvalue weighted by Gasteiger charge is 2.48.